The summed E-state index contributed by atoms with van der Waals surface area (Å²) in [7, 11) is 0. The second-order valence-electron chi connectivity index (χ2n) is 5.41. The van der Waals surface area contributed by atoms with Gasteiger partial charge in [0.1, 0.15) is 12.4 Å². The van der Waals surface area contributed by atoms with E-state index in [0.29, 0.717) is 23.5 Å². The fourth-order valence-corrected chi connectivity index (χ4v) is 3.06. The summed E-state index contributed by atoms with van der Waals surface area (Å²) in [6, 6.07) is 13.5. The summed E-state index contributed by atoms with van der Waals surface area (Å²) in [5.41, 5.74) is 2.24. The van der Waals surface area contributed by atoms with E-state index in [1.807, 2.05) is 48.7 Å². The number of ether oxygens (including phenoxy) is 1. The lowest BCUT2D eigenvalue weighted by Gasteiger charge is -2.19. The fraction of sp³-hybridized carbons (Fsp3) is 0.0526. The minimum Gasteiger partial charge on any atom is -0.488 e. The zero-order valence-electron chi connectivity index (χ0n) is 12.1. The van der Waals surface area contributed by atoms with Crippen molar-refractivity contribution in [2.24, 2.45) is 0 Å². The molecule has 0 spiro atoms. The van der Waals surface area contributed by atoms with Gasteiger partial charge in [-0.05, 0) is 47.4 Å². The van der Waals surface area contributed by atoms with Crippen LogP contribution in [0.3, 0.4) is 0 Å². The third kappa shape index (κ3) is 2.66. The maximum absolute atomic E-state index is 12.7. The van der Waals surface area contributed by atoms with E-state index in [9.17, 15) is 4.79 Å². The van der Waals surface area contributed by atoms with Gasteiger partial charge in [-0.25, -0.2) is 0 Å². The highest BCUT2D eigenvalue weighted by Crippen LogP contribution is 2.30. The van der Waals surface area contributed by atoms with Gasteiger partial charge in [0.25, 0.3) is 0 Å². The molecular formula is C19H12BrNO2. The zero-order chi connectivity index (χ0) is 15.8. The van der Waals surface area contributed by atoms with Crippen molar-refractivity contribution in [2.45, 2.75) is 0 Å². The van der Waals surface area contributed by atoms with Crippen molar-refractivity contribution in [1.82, 2.24) is 4.98 Å². The Kier molecular flexibility index (Phi) is 3.46. The average molecular weight is 366 g/mol. The normalized spacial score (nSPS) is 15.5. The van der Waals surface area contributed by atoms with Crippen molar-refractivity contribution in [3.05, 3.63) is 76.0 Å². The largest absolute Gasteiger partial charge is 0.488 e. The van der Waals surface area contributed by atoms with Crippen LogP contribution in [0, 0.1) is 0 Å². The molecule has 0 unspecified atom stereocenters. The first-order valence-corrected chi connectivity index (χ1v) is 8.01. The molecule has 0 atom stereocenters. The first kappa shape index (κ1) is 14.2. The minimum atomic E-state index is 0.0161. The molecule has 0 radical (unpaired) electrons. The van der Waals surface area contributed by atoms with Gasteiger partial charge in [0.2, 0.25) is 0 Å². The molecule has 0 N–H and O–H groups in total. The molecule has 3 nitrogen and oxygen atoms in total. The highest BCUT2D eigenvalue weighted by Gasteiger charge is 2.23. The van der Waals surface area contributed by atoms with Crippen LogP contribution >= 0.6 is 15.9 Å². The van der Waals surface area contributed by atoms with Crippen LogP contribution < -0.4 is 4.74 Å². The Morgan fingerprint density at radius 2 is 2.00 bits per heavy atom. The van der Waals surface area contributed by atoms with Gasteiger partial charge in [0.15, 0.2) is 5.78 Å². The summed E-state index contributed by atoms with van der Waals surface area (Å²) < 4.78 is 6.57. The number of pyridine rings is 1. The van der Waals surface area contributed by atoms with Crippen LogP contribution in [0.5, 0.6) is 5.75 Å². The standard InChI is InChI=1S/C19H12BrNO2/c20-16-3-4-18-17(9-16)19(22)15(11-23-18)8-12-1-2-14-10-21-6-5-13(14)7-12/h1-10H,11H2/b15-8-. The molecule has 0 amide bonds. The molecule has 112 valence electrons. The molecule has 1 aliphatic heterocycles. The number of ketones is 1. The third-order valence-corrected chi connectivity index (χ3v) is 4.36. The van der Waals surface area contributed by atoms with Gasteiger partial charge in [0.05, 0.1) is 5.56 Å². The summed E-state index contributed by atoms with van der Waals surface area (Å²) in [5.74, 6) is 0.655. The Hall–Kier alpha value is -2.46. The van der Waals surface area contributed by atoms with E-state index in [1.165, 1.54) is 0 Å². The molecule has 23 heavy (non-hydrogen) atoms. The molecule has 0 saturated carbocycles. The van der Waals surface area contributed by atoms with Crippen molar-refractivity contribution in [3.63, 3.8) is 0 Å². The smallest absolute Gasteiger partial charge is 0.196 e. The van der Waals surface area contributed by atoms with Crippen LogP contribution in [0.15, 0.2) is 64.9 Å². The van der Waals surface area contributed by atoms with Crippen LogP contribution in [-0.2, 0) is 0 Å². The lowest BCUT2D eigenvalue weighted by atomic mass is 9.98. The molecule has 4 heteroatoms. The summed E-state index contributed by atoms with van der Waals surface area (Å²) in [5, 5.41) is 2.18. The Morgan fingerprint density at radius 3 is 2.91 bits per heavy atom. The summed E-state index contributed by atoms with van der Waals surface area (Å²) >= 11 is 3.40. The molecular weight excluding hydrogens is 354 g/mol. The molecule has 4 rings (SSSR count). The van der Waals surface area contributed by atoms with E-state index in [2.05, 4.69) is 20.9 Å². The number of carbonyl (C=O) groups is 1. The van der Waals surface area contributed by atoms with E-state index in [0.717, 1.165) is 20.8 Å². The monoisotopic (exact) mass is 365 g/mol. The predicted molar refractivity (Wildman–Crippen MR) is 93.7 cm³/mol. The number of halogens is 1. The Balaban J connectivity index is 1.74. The highest BCUT2D eigenvalue weighted by atomic mass is 79.9. The van der Waals surface area contributed by atoms with Gasteiger partial charge < -0.3 is 4.74 Å². The Bertz CT molecular complexity index is 962. The molecule has 2 heterocycles. The third-order valence-electron chi connectivity index (χ3n) is 3.87. The van der Waals surface area contributed by atoms with Crippen molar-refractivity contribution >= 4 is 38.6 Å². The van der Waals surface area contributed by atoms with Crippen molar-refractivity contribution < 1.29 is 9.53 Å². The number of benzene rings is 2. The molecule has 0 bridgehead atoms. The van der Waals surface area contributed by atoms with Gasteiger partial charge in [-0.3, -0.25) is 9.78 Å². The minimum absolute atomic E-state index is 0.0161. The first-order chi connectivity index (χ1) is 11.2. The summed E-state index contributed by atoms with van der Waals surface area (Å²) in [4.78, 5) is 16.8. The summed E-state index contributed by atoms with van der Waals surface area (Å²) in [6.45, 7) is 0.294. The highest BCUT2D eigenvalue weighted by molar-refractivity contribution is 9.10. The Morgan fingerprint density at radius 1 is 1.09 bits per heavy atom. The lowest BCUT2D eigenvalue weighted by molar-refractivity contribution is 0.100. The van der Waals surface area contributed by atoms with Gasteiger partial charge >= 0.3 is 0 Å². The molecule has 0 saturated heterocycles. The van der Waals surface area contributed by atoms with Crippen molar-refractivity contribution in [1.29, 1.82) is 0 Å². The number of carbonyl (C=O) groups excluding carboxylic acids is 1. The van der Waals surface area contributed by atoms with Gasteiger partial charge in [-0.2, -0.15) is 0 Å². The van der Waals surface area contributed by atoms with Crippen LogP contribution in [-0.4, -0.2) is 17.4 Å². The number of hydrogen-bond acceptors (Lipinski definition) is 3. The van der Waals surface area contributed by atoms with E-state index in [4.69, 9.17) is 4.74 Å². The fourth-order valence-electron chi connectivity index (χ4n) is 2.70. The number of Topliss-reactive ketones (excluding diaryl/α,β-unsaturated/α-hetero) is 1. The van der Waals surface area contributed by atoms with Gasteiger partial charge in [0, 0.05) is 27.8 Å². The van der Waals surface area contributed by atoms with Gasteiger partial charge in [-0.15, -0.1) is 0 Å². The predicted octanol–water partition coefficient (Wildman–Crippen LogP) is 4.66. The second-order valence-corrected chi connectivity index (χ2v) is 6.33. The van der Waals surface area contributed by atoms with E-state index in [-0.39, 0.29) is 5.78 Å². The molecule has 3 aromatic rings. The van der Waals surface area contributed by atoms with Crippen LogP contribution in [0.4, 0.5) is 0 Å². The number of aromatic nitrogens is 1. The SMILES string of the molecule is O=C1/C(=C\c2ccc3cnccc3c2)COc2ccc(Br)cc21. The summed E-state index contributed by atoms with van der Waals surface area (Å²) in [6.07, 6.45) is 5.49. The molecule has 1 aromatic heterocycles. The first-order valence-electron chi connectivity index (χ1n) is 7.22. The number of rotatable bonds is 1. The Labute approximate surface area is 141 Å². The molecule has 1 aliphatic rings. The average Bonchev–Trinajstić information content (AvgIpc) is 2.58. The quantitative estimate of drug-likeness (QED) is 0.589. The van der Waals surface area contributed by atoms with E-state index >= 15 is 0 Å². The molecule has 0 aliphatic carbocycles. The van der Waals surface area contributed by atoms with Crippen LogP contribution in [0.2, 0.25) is 0 Å². The van der Waals surface area contributed by atoms with E-state index < -0.39 is 0 Å². The zero-order valence-corrected chi connectivity index (χ0v) is 13.7. The lowest BCUT2D eigenvalue weighted by Crippen LogP contribution is -2.18. The molecule has 0 fully saturated rings. The maximum Gasteiger partial charge on any atom is 0.196 e. The maximum atomic E-state index is 12.7. The van der Waals surface area contributed by atoms with Gasteiger partial charge in [-0.1, -0.05) is 28.1 Å². The van der Waals surface area contributed by atoms with Crippen molar-refractivity contribution in [3.8, 4) is 5.75 Å². The number of hydrogen-bond donors (Lipinski definition) is 0. The number of nitrogens with zero attached hydrogens (tertiary/aromatic N) is 1. The van der Waals surface area contributed by atoms with Crippen LogP contribution in [0.1, 0.15) is 15.9 Å². The van der Waals surface area contributed by atoms with Crippen molar-refractivity contribution in [2.75, 3.05) is 6.61 Å². The van der Waals surface area contributed by atoms with E-state index in [1.54, 1.807) is 12.3 Å². The van der Waals surface area contributed by atoms with Crippen LogP contribution in [0.25, 0.3) is 16.8 Å². The second kappa shape index (κ2) is 5.63. The topological polar surface area (TPSA) is 39.2 Å². The number of fused-ring (bicyclic) bond motifs is 2. The molecule has 2 aromatic carbocycles.